The molecule has 1 amide bonds. The molecule has 6 rings (SSSR count). The Labute approximate surface area is 169 Å². The van der Waals surface area contributed by atoms with Crippen LogP contribution in [0.25, 0.3) is 0 Å². The fraction of sp³-hybridized carbons (Fsp3) is 0.579. The van der Waals surface area contributed by atoms with E-state index in [1.807, 2.05) is 0 Å². The highest BCUT2D eigenvalue weighted by atomic mass is 79.9. The lowest BCUT2D eigenvalue weighted by Crippen LogP contribution is -2.59. The van der Waals surface area contributed by atoms with Gasteiger partial charge in [0, 0.05) is 5.54 Å². The maximum Gasteiger partial charge on any atom is 0.404 e. The lowest BCUT2D eigenvalue weighted by Gasteiger charge is -2.56. The summed E-state index contributed by atoms with van der Waals surface area (Å²) in [5, 5.41) is 18.1. The van der Waals surface area contributed by atoms with E-state index in [0.717, 1.165) is 37.0 Å². The minimum absolute atomic E-state index is 0.0632. The summed E-state index contributed by atoms with van der Waals surface area (Å²) in [6, 6.07) is 3.38. The number of amides is 1. The Hall–Kier alpha value is -2.16. The summed E-state index contributed by atoms with van der Waals surface area (Å²) in [6.07, 6.45) is 8.76. The fourth-order valence-electron chi connectivity index (χ4n) is 5.90. The van der Waals surface area contributed by atoms with Gasteiger partial charge >= 0.3 is 5.82 Å². The average Bonchev–Trinajstić information content (AvgIpc) is 3.20. The molecule has 1 N–H and O–H groups in total. The van der Waals surface area contributed by atoms with Crippen molar-refractivity contribution in [3.8, 4) is 0 Å². The zero-order valence-electron chi connectivity index (χ0n) is 15.3. The van der Waals surface area contributed by atoms with E-state index in [0.29, 0.717) is 10.2 Å². The van der Waals surface area contributed by atoms with Gasteiger partial charge in [0.25, 0.3) is 5.91 Å². The number of halogens is 1. The Kier molecular flexibility index (Phi) is 4.12. The number of aromatic nitrogens is 2. The first-order chi connectivity index (χ1) is 13.4. The SMILES string of the molecule is O=C(NC12CC3CC(CC(C3)C1)C2)c1ccc(Cn2cc(Br)c([N+](=O)[O-])n2)o1. The normalized spacial score (nSPS) is 30.5. The number of carbonyl (C=O) groups is 1. The van der Waals surface area contributed by atoms with E-state index in [-0.39, 0.29) is 29.6 Å². The second-order valence-corrected chi connectivity index (χ2v) is 9.53. The molecule has 4 aliphatic rings. The fourth-order valence-corrected chi connectivity index (χ4v) is 6.36. The van der Waals surface area contributed by atoms with Crippen LogP contribution in [0.2, 0.25) is 0 Å². The smallest absolute Gasteiger partial charge is 0.404 e. The van der Waals surface area contributed by atoms with Crippen molar-refractivity contribution < 1.29 is 14.1 Å². The van der Waals surface area contributed by atoms with Crippen LogP contribution in [0.1, 0.15) is 54.8 Å². The van der Waals surface area contributed by atoms with Gasteiger partial charge < -0.3 is 19.8 Å². The highest BCUT2D eigenvalue weighted by Crippen LogP contribution is 2.55. The highest BCUT2D eigenvalue weighted by molar-refractivity contribution is 9.10. The predicted octanol–water partition coefficient (Wildman–Crippen LogP) is 3.89. The standard InChI is InChI=1S/C19H21BrN4O4/c20-15-10-23(22-17(15)24(26)27)9-14-1-2-16(28-14)18(25)21-19-6-11-3-12(7-19)5-13(4-11)8-19/h1-2,10-13H,3-9H2,(H,21,25). The largest absolute Gasteiger partial charge is 0.454 e. The summed E-state index contributed by atoms with van der Waals surface area (Å²) < 4.78 is 7.44. The van der Waals surface area contributed by atoms with Crippen LogP contribution >= 0.6 is 15.9 Å². The maximum atomic E-state index is 12.8. The zero-order valence-corrected chi connectivity index (χ0v) is 16.9. The topological polar surface area (TPSA) is 103 Å². The molecule has 9 heteroatoms. The first-order valence-electron chi connectivity index (χ1n) is 9.68. The Balaban J connectivity index is 1.28. The van der Waals surface area contributed by atoms with Gasteiger partial charge in [-0.3, -0.25) is 4.79 Å². The van der Waals surface area contributed by atoms with Crippen molar-refractivity contribution >= 4 is 27.7 Å². The van der Waals surface area contributed by atoms with Crippen LogP contribution in [-0.4, -0.2) is 26.1 Å². The third kappa shape index (κ3) is 3.15. The van der Waals surface area contributed by atoms with Crippen LogP contribution in [0, 0.1) is 27.9 Å². The average molecular weight is 449 g/mol. The molecule has 0 unspecified atom stereocenters. The summed E-state index contributed by atoms with van der Waals surface area (Å²) in [4.78, 5) is 23.2. The third-order valence-electron chi connectivity index (χ3n) is 6.49. The Morgan fingerprint density at radius 3 is 2.50 bits per heavy atom. The van der Waals surface area contributed by atoms with Gasteiger partial charge in [0.05, 0.1) is 11.3 Å². The monoisotopic (exact) mass is 448 g/mol. The number of carbonyl (C=O) groups excluding carboxylic acids is 1. The molecule has 4 saturated carbocycles. The molecule has 2 aromatic heterocycles. The number of nitrogens with zero attached hydrogens (tertiary/aromatic N) is 3. The number of hydrogen-bond donors (Lipinski definition) is 1. The molecule has 0 spiro atoms. The van der Waals surface area contributed by atoms with E-state index in [9.17, 15) is 14.9 Å². The van der Waals surface area contributed by atoms with E-state index < -0.39 is 4.92 Å². The van der Waals surface area contributed by atoms with Crippen LogP contribution in [0.3, 0.4) is 0 Å². The van der Waals surface area contributed by atoms with Crippen molar-refractivity contribution in [1.29, 1.82) is 0 Å². The molecule has 0 aromatic carbocycles. The van der Waals surface area contributed by atoms with Gasteiger partial charge in [0.15, 0.2) is 5.76 Å². The van der Waals surface area contributed by atoms with Gasteiger partial charge in [-0.2, -0.15) is 4.68 Å². The van der Waals surface area contributed by atoms with E-state index in [1.54, 1.807) is 12.1 Å². The summed E-state index contributed by atoms with van der Waals surface area (Å²) >= 11 is 3.13. The molecule has 4 fully saturated rings. The van der Waals surface area contributed by atoms with Gasteiger partial charge in [-0.25, -0.2) is 0 Å². The van der Waals surface area contributed by atoms with Crippen molar-refractivity contribution in [1.82, 2.24) is 15.1 Å². The van der Waals surface area contributed by atoms with Crippen molar-refractivity contribution in [3.63, 3.8) is 0 Å². The molecule has 4 aliphatic carbocycles. The number of rotatable bonds is 5. The molecule has 0 aliphatic heterocycles. The minimum Gasteiger partial charge on any atom is -0.454 e. The molecular formula is C19H21BrN4O4. The van der Waals surface area contributed by atoms with Crippen molar-refractivity contribution in [3.05, 3.63) is 44.4 Å². The summed E-state index contributed by atoms with van der Waals surface area (Å²) in [7, 11) is 0. The Morgan fingerprint density at radius 1 is 1.29 bits per heavy atom. The Bertz CT molecular complexity index is 914. The van der Waals surface area contributed by atoms with Crippen LogP contribution in [-0.2, 0) is 6.54 Å². The Morgan fingerprint density at radius 2 is 1.93 bits per heavy atom. The van der Waals surface area contributed by atoms with Crippen LogP contribution in [0.4, 0.5) is 5.82 Å². The molecule has 0 radical (unpaired) electrons. The number of nitrogens with one attached hydrogen (secondary N) is 1. The van der Waals surface area contributed by atoms with E-state index in [4.69, 9.17) is 4.42 Å². The molecule has 2 heterocycles. The molecule has 0 atom stereocenters. The second kappa shape index (κ2) is 6.43. The molecular weight excluding hydrogens is 428 g/mol. The van der Waals surface area contributed by atoms with E-state index in [1.165, 1.54) is 30.1 Å². The lowest BCUT2D eigenvalue weighted by atomic mass is 9.53. The summed E-state index contributed by atoms with van der Waals surface area (Å²) in [5.74, 6) is 2.67. The number of hydrogen-bond acceptors (Lipinski definition) is 5. The van der Waals surface area contributed by atoms with Gasteiger partial charge in [0.2, 0.25) is 0 Å². The minimum atomic E-state index is -0.549. The molecule has 148 valence electrons. The van der Waals surface area contributed by atoms with E-state index >= 15 is 0 Å². The zero-order chi connectivity index (χ0) is 19.5. The number of nitro groups is 1. The summed E-state index contributed by atoms with van der Waals surface area (Å²) in [5.41, 5.74) is -0.0632. The van der Waals surface area contributed by atoms with Gasteiger partial charge in [-0.15, -0.1) is 0 Å². The first kappa shape index (κ1) is 17.9. The van der Waals surface area contributed by atoms with Crippen molar-refractivity contribution in [2.24, 2.45) is 17.8 Å². The first-order valence-corrected chi connectivity index (χ1v) is 10.5. The molecule has 8 nitrogen and oxygen atoms in total. The molecule has 28 heavy (non-hydrogen) atoms. The van der Waals surface area contributed by atoms with Gasteiger partial charge in [-0.05, 0) is 89.3 Å². The van der Waals surface area contributed by atoms with E-state index in [2.05, 4.69) is 26.3 Å². The van der Waals surface area contributed by atoms with Gasteiger partial charge in [0.1, 0.15) is 16.8 Å². The highest BCUT2D eigenvalue weighted by Gasteiger charge is 2.51. The predicted molar refractivity (Wildman–Crippen MR) is 103 cm³/mol. The second-order valence-electron chi connectivity index (χ2n) is 8.67. The quantitative estimate of drug-likeness (QED) is 0.551. The molecule has 2 aromatic rings. The summed E-state index contributed by atoms with van der Waals surface area (Å²) in [6.45, 7) is 0.219. The lowest BCUT2D eigenvalue weighted by molar-refractivity contribution is -0.390. The number of furan rings is 1. The third-order valence-corrected chi connectivity index (χ3v) is 7.05. The molecule has 4 bridgehead atoms. The van der Waals surface area contributed by atoms with Crippen LogP contribution in [0.15, 0.2) is 27.2 Å². The van der Waals surface area contributed by atoms with Crippen LogP contribution < -0.4 is 5.32 Å². The van der Waals surface area contributed by atoms with Crippen molar-refractivity contribution in [2.45, 2.75) is 50.6 Å². The maximum absolute atomic E-state index is 12.8. The molecule has 0 saturated heterocycles. The van der Waals surface area contributed by atoms with Crippen LogP contribution in [0.5, 0.6) is 0 Å². The van der Waals surface area contributed by atoms with Gasteiger partial charge in [-0.1, -0.05) is 0 Å². The van der Waals surface area contributed by atoms with Crippen molar-refractivity contribution in [2.75, 3.05) is 0 Å².